The Hall–Kier alpha value is -3.69. The average molecular weight is 401 g/mol. The SMILES string of the molecule is CN1C(=O)C(c2cc(F)c(F)c(-c3cocn3)c2)(c2cccc(CF)n2)N=C1N. The fourth-order valence-electron chi connectivity index (χ4n) is 3.23. The highest BCUT2D eigenvalue weighted by Crippen LogP contribution is 2.40. The van der Waals surface area contributed by atoms with Gasteiger partial charge in [0.25, 0.3) is 5.91 Å². The molecular weight excluding hydrogens is 387 g/mol. The molecule has 1 amide bonds. The molecule has 1 aliphatic heterocycles. The Kier molecular flexibility index (Phi) is 4.33. The van der Waals surface area contributed by atoms with Gasteiger partial charge in [-0.15, -0.1) is 0 Å². The molecular formula is C19H14F3N5O2. The predicted molar refractivity (Wildman–Crippen MR) is 96.1 cm³/mol. The van der Waals surface area contributed by atoms with E-state index in [0.717, 1.165) is 23.6 Å². The minimum atomic E-state index is -1.91. The van der Waals surface area contributed by atoms with Crippen molar-refractivity contribution in [2.75, 3.05) is 7.05 Å². The molecule has 0 fully saturated rings. The molecule has 0 radical (unpaired) electrons. The Balaban J connectivity index is 2.03. The Morgan fingerprint density at radius 2 is 2.07 bits per heavy atom. The van der Waals surface area contributed by atoms with Gasteiger partial charge in [-0.05, 0) is 29.8 Å². The van der Waals surface area contributed by atoms with Crippen molar-refractivity contribution in [2.24, 2.45) is 10.7 Å². The molecule has 0 saturated heterocycles. The Bertz CT molecular complexity index is 1130. The van der Waals surface area contributed by atoms with Gasteiger partial charge in [0.2, 0.25) is 5.54 Å². The number of hydrogen-bond donors (Lipinski definition) is 1. The molecule has 10 heteroatoms. The van der Waals surface area contributed by atoms with Gasteiger partial charge in [0.15, 0.2) is 24.0 Å². The lowest BCUT2D eigenvalue weighted by Crippen LogP contribution is -2.41. The predicted octanol–water partition coefficient (Wildman–Crippen LogP) is 2.51. The molecule has 148 valence electrons. The van der Waals surface area contributed by atoms with E-state index in [1.807, 2.05) is 0 Å². The molecule has 2 aromatic heterocycles. The van der Waals surface area contributed by atoms with Crippen molar-refractivity contribution >= 4 is 11.9 Å². The molecule has 0 saturated carbocycles. The molecule has 3 heterocycles. The second-order valence-corrected chi connectivity index (χ2v) is 6.39. The van der Waals surface area contributed by atoms with E-state index in [1.54, 1.807) is 0 Å². The summed E-state index contributed by atoms with van der Waals surface area (Å²) in [5, 5.41) is 0. The van der Waals surface area contributed by atoms with Crippen LogP contribution in [0.4, 0.5) is 13.2 Å². The number of carbonyl (C=O) groups excluding carboxylic acids is 1. The number of rotatable bonds is 4. The van der Waals surface area contributed by atoms with E-state index in [2.05, 4.69) is 15.0 Å². The molecule has 1 aliphatic rings. The largest absolute Gasteiger partial charge is 0.451 e. The van der Waals surface area contributed by atoms with Gasteiger partial charge in [-0.3, -0.25) is 14.7 Å². The van der Waals surface area contributed by atoms with Crippen LogP contribution in [0.5, 0.6) is 0 Å². The van der Waals surface area contributed by atoms with Crippen LogP contribution < -0.4 is 5.73 Å². The molecule has 4 rings (SSSR count). The molecule has 0 aliphatic carbocycles. The van der Waals surface area contributed by atoms with Crippen LogP contribution in [0.3, 0.4) is 0 Å². The van der Waals surface area contributed by atoms with Crippen LogP contribution in [0.15, 0.2) is 52.4 Å². The number of halogens is 3. The Labute approximate surface area is 162 Å². The second kappa shape index (κ2) is 6.73. The maximum Gasteiger partial charge on any atom is 0.267 e. The zero-order valence-corrected chi connectivity index (χ0v) is 15.1. The van der Waals surface area contributed by atoms with Crippen LogP contribution in [0, 0.1) is 11.6 Å². The van der Waals surface area contributed by atoms with Gasteiger partial charge in [0.05, 0.1) is 11.4 Å². The lowest BCUT2D eigenvalue weighted by Gasteiger charge is -2.26. The highest BCUT2D eigenvalue weighted by atomic mass is 19.2. The highest BCUT2D eigenvalue weighted by molar-refractivity contribution is 6.08. The third kappa shape index (κ3) is 2.75. The van der Waals surface area contributed by atoms with Crippen molar-refractivity contribution in [1.82, 2.24) is 14.9 Å². The Morgan fingerprint density at radius 3 is 2.69 bits per heavy atom. The van der Waals surface area contributed by atoms with Gasteiger partial charge in [-0.1, -0.05) is 6.07 Å². The number of amides is 1. The van der Waals surface area contributed by atoms with Gasteiger partial charge < -0.3 is 10.2 Å². The number of hydrogen-bond acceptors (Lipinski definition) is 6. The van der Waals surface area contributed by atoms with E-state index < -0.39 is 29.8 Å². The summed E-state index contributed by atoms with van der Waals surface area (Å²) >= 11 is 0. The number of aliphatic imine (C=N–C) groups is 1. The number of pyridine rings is 1. The van der Waals surface area contributed by atoms with Crippen molar-refractivity contribution < 1.29 is 22.4 Å². The summed E-state index contributed by atoms with van der Waals surface area (Å²) in [5.41, 5.74) is 3.79. The first-order chi connectivity index (χ1) is 13.9. The van der Waals surface area contributed by atoms with Crippen LogP contribution in [-0.2, 0) is 17.0 Å². The summed E-state index contributed by atoms with van der Waals surface area (Å²) in [4.78, 5) is 26.5. The van der Waals surface area contributed by atoms with Crippen LogP contribution in [0.2, 0.25) is 0 Å². The first-order valence-electron chi connectivity index (χ1n) is 8.42. The molecule has 1 unspecified atom stereocenters. The lowest BCUT2D eigenvalue weighted by molar-refractivity contribution is -0.129. The molecule has 3 aromatic rings. The van der Waals surface area contributed by atoms with E-state index in [9.17, 15) is 18.0 Å². The van der Waals surface area contributed by atoms with E-state index in [0.29, 0.717) is 0 Å². The molecule has 7 nitrogen and oxygen atoms in total. The zero-order chi connectivity index (χ0) is 20.8. The summed E-state index contributed by atoms with van der Waals surface area (Å²) in [7, 11) is 1.39. The number of alkyl halides is 1. The normalized spacial score (nSPS) is 19.0. The number of carbonyl (C=O) groups is 1. The number of nitrogens with two attached hydrogens (primary N) is 1. The first kappa shape index (κ1) is 18.7. The minimum absolute atomic E-state index is 0.0274. The zero-order valence-electron chi connectivity index (χ0n) is 15.1. The van der Waals surface area contributed by atoms with Crippen LogP contribution in [0.1, 0.15) is 17.0 Å². The third-order valence-electron chi connectivity index (χ3n) is 4.71. The third-order valence-corrected chi connectivity index (χ3v) is 4.71. The van der Waals surface area contributed by atoms with Gasteiger partial charge in [-0.2, -0.15) is 0 Å². The minimum Gasteiger partial charge on any atom is -0.451 e. The summed E-state index contributed by atoms with van der Waals surface area (Å²) in [6, 6.07) is 6.45. The number of guanidine groups is 1. The number of benzene rings is 1. The fraction of sp³-hybridized carbons (Fsp3) is 0.158. The van der Waals surface area contributed by atoms with E-state index in [4.69, 9.17) is 10.2 Å². The number of nitrogens with zero attached hydrogens (tertiary/aromatic N) is 4. The van der Waals surface area contributed by atoms with Crippen molar-refractivity contribution in [3.05, 3.63) is 71.6 Å². The monoisotopic (exact) mass is 401 g/mol. The van der Waals surface area contributed by atoms with Gasteiger partial charge in [-0.25, -0.2) is 23.1 Å². The van der Waals surface area contributed by atoms with Crippen molar-refractivity contribution in [1.29, 1.82) is 0 Å². The van der Waals surface area contributed by atoms with Gasteiger partial charge in [0, 0.05) is 12.6 Å². The number of oxazole rings is 1. The van der Waals surface area contributed by atoms with Crippen LogP contribution in [0.25, 0.3) is 11.3 Å². The topological polar surface area (TPSA) is 97.6 Å². The summed E-state index contributed by atoms with van der Waals surface area (Å²) in [5.74, 6) is -3.18. The molecule has 1 aromatic carbocycles. The van der Waals surface area contributed by atoms with E-state index >= 15 is 0 Å². The molecule has 1 atom stereocenters. The summed E-state index contributed by atoms with van der Waals surface area (Å²) < 4.78 is 47.0. The average Bonchev–Trinajstić information content (AvgIpc) is 3.34. The molecule has 0 bridgehead atoms. The van der Waals surface area contributed by atoms with Crippen molar-refractivity contribution in [3.8, 4) is 11.3 Å². The quantitative estimate of drug-likeness (QED) is 0.725. The summed E-state index contributed by atoms with van der Waals surface area (Å²) in [6.45, 7) is -0.880. The van der Waals surface area contributed by atoms with Crippen molar-refractivity contribution in [3.63, 3.8) is 0 Å². The number of likely N-dealkylation sites (N-methyl/N-ethyl adjacent to an activating group) is 1. The molecule has 0 spiro atoms. The standard InChI is InChI=1S/C19H14F3N5O2/c1-27-17(28)19(26-18(27)23,15-4-2-3-11(7-20)25-15)10-5-12(14-8-29-9-24-14)16(22)13(21)6-10/h2-6,8-9H,7H2,1H3,(H2,23,26). The lowest BCUT2D eigenvalue weighted by atomic mass is 9.84. The van der Waals surface area contributed by atoms with Gasteiger partial charge >= 0.3 is 0 Å². The number of aromatic nitrogens is 2. The van der Waals surface area contributed by atoms with Crippen LogP contribution >= 0.6 is 0 Å². The second-order valence-electron chi connectivity index (χ2n) is 6.39. The molecule has 29 heavy (non-hydrogen) atoms. The maximum atomic E-state index is 14.5. The first-order valence-corrected chi connectivity index (χ1v) is 8.42. The smallest absolute Gasteiger partial charge is 0.267 e. The van der Waals surface area contributed by atoms with Crippen LogP contribution in [-0.4, -0.2) is 33.8 Å². The molecule has 2 N–H and O–H groups in total. The van der Waals surface area contributed by atoms with E-state index in [1.165, 1.54) is 31.3 Å². The highest BCUT2D eigenvalue weighted by Gasteiger charge is 2.51. The summed E-state index contributed by atoms with van der Waals surface area (Å²) in [6.07, 6.45) is 2.20. The van der Waals surface area contributed by atoms with Gasteiger partial charge in [0.1, 0.15) is 18.6 Å². The Morgan fingerprint density at radius 1 is 1.28 bits per heavy atom. The fourth-order valence-corrected chi connectivity index (χ4v) is 3.23. The van der Waals surface area contributed by atoms with E-state index in [-0.39, 0.29) is 34.2 Å². The maximum absolute atomic E-state index is 14.5. The van der Waals surface area contributed by atoms with Crippen molar-refractivity contribution in [2.45, 2.75) is 12.2 Å².